The number of morpholine rings is 1. The van der Waals surface area contributed by atoms with Gasteiger partial charge in [-0.25, -0.2) is 4.98 Å². The smallest absolute Gasteiger partial charge is 0.224 e. The molecule has 0 atom stereocenters. The van der Waals surface area contributed by atoms with Crippen LogP contribution in [-0.4, -0.2) is 61.4 Å². The van der Waals surface area contributed by atoms with Crippen LogP contribution in [0.3, 0.4) is 0 Å². The van der Waals surface area contributed by atoms with Crippen LogP contribution in [0.1, 0.15) is 11.3 Å². The lowest BCUT2D eigenvalue weighted by Crippen LogP contribution is -2.39. The number of anilines is 2. The van der Waals surface area contributed by atoms with Crippen LogP contribution >= 0.6 is 0 Å². The molecule has 1 aliphatic heterocycles. The van der Waals surface area contributed by atoms with E-state index in [1.54, 1.807) is 7.11 Å². The lowest BCUT2D eigenvalue weighted by atomic mass is 10.2. The van der Waals surface area contributed by atoms with Gasteiger partial charge in [-0.1, -0.05) is 12.1 Å². The van der Waals surface area contributed by atoms with Crippen molar-refractivity contribution < 1.29 is 9.47 Å². The number of hydrogen-bond donors (Lipinski definition) is 2. The molecule has 0 saturated carbocycles. The fourth-order valence-corrected chi connectivity index (χ4v) is 2.82. The predicted molar refractivity (Wildman–Crippen MR) is 103 cm³/mol. The molecule has 0 bridgehead atoms. The Bertz CT molecular complexity index is 687. The summed E-state index contributed by atoms with van der Waals surface area (Å²) in [5.74, 6) is 2.34. The number of methoxy groups -OCH3 is 1. The maximum atomic E-state index is 5.37. The van der Waals surface area contributed by atoms with Gasteiger partial charge in [0.05, 0.1) is 20.3 Å². The van der Waals surface area contributed by atoms with E-state index in [9.17, 15) is 0 Å². The van der Waals surface area contributed by atoms with E-state index in [-0.39, 0.29) is 0 Å². The van der Waals surface area contributed by atoms with Crippen LogP contribution in [0.25, 0.3) is 0 Å². The van der Waals surface area contributed by atoms with Gasteiger partial charge < -0.3 is 20.1 Å². The third kappa shape index (κ3) is 5.57. The minimum atomic E-state index is 0.662. The molecule has 1 saturated heterocycles. The Hall–Kier alpha value is -2.38. The van der Waals surface area contributed by atoms with Crippen molar-refractivity contribution in [2.45, 2.75) is 13.5 Å². The van der Waals surface area contributed by atoms with Crippen molar-refractivity contribution in [3.8, 4) is 5.75 Å². The topological polar surface area (TPSA) is 71.5 Å². The second-order valence-electron chi connectivity index (χ2n) is 6.30. The van der Waals surface area contributed by atoms with E-state index in [0.29, 0.717) is 12.5 Å². The van der Waals surface area contributed by atoms with E-state index >= 15 is 0 Å². The largest absolute Gasteiger partial charge is 0.497 e. The van der Waals surface area contributed by atoms with Gasteiger partial charge in [0.15, 0.2) is 0 Å². The van der Waals surface area contributed by atoms with Crippen molar-refractivity contribution in [1.29, 1.82) is 0 Å². The maximum Gasteiger partial charge on any atom is 0.224 e. The highest BCUT2D eigenvalue weighted by Gasteiger charge is 2.10. The molecule has 7 heteroatoms. The van der Waals surface area contributed by atoms with Gasteiger partial charge in [-0.05, 0) is 24.6 Å². The SMILES string of the molecule is COc1ccc(CNc2cc(C)nc(NCCN3CCOCC3)n2)cc1. The molecule has 0 unspecified atom stereocenters. The molecular formula is C19H27N5O2. The van der Waals surface area contributed by atoms with E-state index < -0.39 is 0 Å². The monoisotopic (exact) mass is 357 g/mol. The summed E-state index contributed by atoms with van der Waals surface area (Å²) in [6.07, 6.45) is 0. The second kappa shape index (κ2) is 9.35. The summed E-state index contributed by atoms with van der Waals surface area (Å²) in [7, 11) is 1.67. The van der Waals surface area contributed by atoms with Gasteiger partial charge in [0.25, 0.3) is 0 Å². The maximum absolute atomic E-state index is 5.37. The summed E-state index contributed by atoms with van der Waals surface area (Å²) >= 11 is 0. The van der Waals surface area contributed by atoms with Crippen LogP contribution in [-0.2, 0) is 11.3 Å². The number of nitrogens with one attached hydrogen (secondary N) is 2. The Kier molecular flexibility index (Phi) is 6.62. The van der Waals surface area contributed by atoms with Gasteiger partial charge in [-0.2, -0.15) is 4.98 Å². The van der Waals surface area contributed by atoms with Crippen LogP contribution in [0.4, 0.5) is 11.8 Å². The average Bonchev–Trinajstić information content (AvgIpc) is 2.67. The summed E-state index contributed by atoms with van der Waals surface area (Å²) in [6.45, 7) is 8.09. The minimum absolute atomic E-state index is 0.662. The fraction of sp³-hybridized carbons (Fsp3) is 0.474. The summed E-state index contributed by atoms with van der Waals surface area (Å²) in [6, 6.07) is 9.96. The summed E-state index contributed by atoms with van der Waals surface area (Å²) in [4.78, 5) is 11.4. The first kappa shape index (κ1) is 18.4. The number of ether oxygens (including phenoxy) is 2. The number of nitrogens with zero attached hydrogens (tertiary/aromatic N) is 3. The Balaban J connectivity index is 1.51. The van der Waals surface area contributed by atoms with Gasteiger partial charge in [-0.15, -0.1) is 0 Å². The number of hydrogen-bond acceptors (Lipinski definition) is 7. The first-order chi connectivity index (χ1) is 12.7. The Labute approximate surface area is 154 Å². The molecule has 0 radical (unpaired) electrons. The molecule has 26 heavy (non-hydrogen) atoms. The molecular weight excluding hydrogens is 330 g/mol. The normalized spacial score (nSPS) is 14.8. The Morgan fingerprint density at radius 2 is 1.88 bits per heavy atom. The molecule has 2 aromatic rings. The van der Waals surface area contributed by atoms with Gasteiger partial charge in [-0.3, -0.25) is 4.90 Å². The average molecular weight is 357 g/mol. The van der Waals surface area contributed by atoms with Crippen LogP contribution in [0.15, 0.2) is 30.3 Å². The lowest BCUT2D eigenvalue weighted by molar-refractivity contribution is 0.0398. The van der Waals surface area contributed by atoms with Gasteiger partial charge >= 0.3 is 0 Å². The van der Waals surface area contributed by atoms with Crippen molar-refractivity contribution in [2.24, 2.45) is 0 Å². The lowest BCUT2D eigenvalue weighted by Gasteiger charge is -2.26. The Morgan fingerprint density at radius 3 is 2.62 bits per heavy atom. The van der Waals surface area contributed by atoms with Crippen LogP contribution in [0.5, 0.6) is 5.75 Å². The van der Waals surface area contributed by atoms with Gasteiger partial charge in [0, 0.05) is 44.5 Å². The third-order valence-corrected chi connectivity index (χ3v) is 4.30. The predicted octanol–water partition coefficient (Wildman–Crippen LogP) is 2.15. The fourth-order valence-electron chi connectivity index (χ4n) is 2.82. The van der Waals surface area contributed by atoms with E-state index in [0.717, 1.165) is 56.7 Å². The molecule has 7 nitrogen and oxygen atoms in total. The standard InChI is InChI=1S/C19H27N5O2/c1-15-13-18(21-14-16-3-5-17(25-2)6-4-16)23-19(22-15)20-7-8-24-9-11-26-12-10-24/h3-6,13H,7-12,14H2,1-2H3,(H2,20,21,22,23). The number of aromatic nitrogens is 2. The highest BCUT2D eigenvalue weighted by atomic mass is 16.5. The molecule has 0 spiro atoms. The van der Waals surface area contributed by atoms with E-state index in [2.05, 4.69) is 25.5 Å². The molecule has 1 aliphatic rings. The molecule has 1 aromatic heterocycles. The number of rotatable bonds is 8. The van der Waals surface area contributed by atoms with Crippen molar-refractivity contribution in [3.05, 3.63) is 41.6 Å². The zero-order valence-electron chi connectivity index (χ0n) is 15.5. The van der Waals surface area contributed by atoms with Crippen molar-refractivity contribution in [1.82, 2.24) is 14.9 Å². The molecule has 1 fully saturated rings. The zero-order chi connectivity index (χ0) is 18.2. The molecule has 0 aliphatic carbocycles. The van der Waals surface area contributed by atoms with Crippen molar-refractivity contribution in [2.75, 3.05) is 57.1 Å². The van der Waals surface area contributed by atoms with E-state index in [1.807, 2.05) is 37.3 Å². The highest BCUT2D eigenvalue weighted by Crippen LogP contribution is 2.14. The second-order valence-corrected chi connectivity index (χ2v) is 6.30. The molecule has 140 valence electrons. The quantitative estimate of drug-likeness (QED) is 0.750. The summed E-state index contributed by atoms with van der Waals surface area (Å²) in [5.41, 5.74) is 2.11. The number of benzene rings is 1. The highest BCUT2D eigenvalue weighted by molar-refractivity contribution is 5.43. The summed E-state index contributed by atoms with van der Waals surface area (Å²) in [5, 5.41) is 6.69. The van der Waals surface area contributed by atoms with Crippen molar-refractivity contribution >= 4 is 11.8 Å². The van der Waals surface area contributed by atoms with E-state index in [1.165, 1.54) is 5.56 Å². The molecule has 3 rings (SSSR count). The molecule has 0 amide bonds. The first-order valence-electron chi connectivity index (χ1n) is 8.99. The summed E-state index contributed by atoms with van der Waals surface area (Å²) < 4.78 is 10.6. The first-order valence-corrected chi connectivity index (χ1v) is 8.99. The molecule has 1 aromatic carbocycles. The third-order valence-electron chi connectivity index (χ3n) is 4.30. The molecule has 2 heterocycles. The van der Waals surface area contributed by atoms with Gasteiger partial charge in [0.1, 0.15) is 11.6 Å². The van der Waals surface area contributed by atoms with Crippen LogP contribution in [0.2, 0.25) is 0 Å². The zero-order valence-corrected chi connectivity index (χ0v) is 15.5. The number of aryl methyl sites for hydroxylation is 1. The van der Waals surface area contributed by atoms with Crippen LogP contribution < -0.4 is 15.4 Å². The van der Waals surface area contributed by atoms with Crippen molar-refractivity contribution in [3.63, 3.8) is 0 Å². The van der Waals surface area contributed by atoms with E-state index in [4.69, 9.17) is 9.47 Å². The Morgan fingerprint density at radius 1 is 1.12 bits per heavy atom. The van der Waals surface area contributed by atoms with Crippen LogP contribution in [0, 0.1) is 6.92 Å². The molecule has 2 N–H and O–H groups in total. The van der Waals surface area contributed by atoms with Gasteiger partial charge in [0.2, 0.25) is 5.95 Å². The minimum Gasteiger partial charge on any atom is -0.497 e.